The summed E-state index contributed by atoms with van der Waals surface area (Å²) < 4.78 is 26.5. The molecule has 0 amide bonds. The zero-order valence-electron chi connectivity index (χ0n) is 16.9. The van der Waals surface area contributed by atoms with Gasteiger partial charge in [0.05, 0.1) is 25.3 Å². The highest BCUT2D eigenvalue weighted by atomic mass is 16.6. The molecule has 0 bridgehead atoms. The summed E-state index contributed by atoms with van der Waals surface area (Å²) in [5.41, 5.74) is 1.23. The van der Waals surface area contributed by atoms with E-state index in [9.17, 15) is 14.4 Å². The Morgan fingerprint density at radius 1 is 0.967 bits per heavy atom. The third-order valence-corrected chi connectivity index (χ3v) is 4.28. The van der Waals surface area contributed by atoms with Crippen molar-refractivity contribution in [2.75, 3.05) is 14.2 Å². The Kier molecular flexibility index (Phi) is 6.06. The summed E-state index contributed by atoms with van der Waals surface area (Å²) >= 11 is 0. The number of esters is 2. The van der Waals surface area contributed by atoms with E-state index in [1.54, 1.807) is 24.3 Å². The van der Waals surface area contributed by atoms with E-state index >= 15 is 0 Å². The van der Waals surface area contributed by atoms with E-state index in [1.807, 2.05) is 0 Å². The van der Waals surface area contributed by atoms with Crippen LogP contribution in [-0.2, 0) is 20.9 Å². The van der Waals surface area contributed by atoms with Gasteiger partial charge in [-0.1, -0.05) is 6.07 Å². The first-order valence-corrected chi connectivity index (χ1v) is 8.98. The van der Waals surface area contributed by atoms with Gasteiger partial charge in [0.2, 0.25) is 5.78 Å². The number of ketones is 1. The minimum atomic E-state index is -0.551. The van der Waals surface area contributed by atoms with Crippen LogP contribution in [0.15, 0.2) is 36.1 Å². The summed E-state index contributed by atoms with van der Waals surface area (Å²) in [7, 11) is 3.04. The number of ether oxygens (including phenoxy) is 5. The average Bonchev–Trinajstić information content (AvgIpc) is 3.02. The molecule has 0 spiro atoms. The lowest BCUT2D eigenvalue weighted by Crippen LogP contribution is -2.07. The summed E-state index contributed by atoms with van der Waals surface area (Å²) in [5, 5.41) is 0. The number of hydrogen-bond acceptors (Lipinski definition) is 8. The van der Waals surface area contributed by atoms with Crippen molar-refractivity contribution in [2.24, 2.45) is 0 Å². The molecule has 0 saturated heterocycles. The molecule has 0 radical (unpaired) electrons. The molecule has 0 fully saturated rings. The number of hydrogen-bond donors (Lipinski definition) is 0. The van der Waals surface area contributed by atoms with Gasteiger partial charge in [-0.05, 0) is 35.9 Å². The number of allylic oxidation sites excluding steroid dienone is 1. The fourth-order valence-corrected chi connectivity index (χ4v) is 2.94. The maximum atomic E-state index is 12.8. The van der Waals surface area contributed by atoms with Gasteiger partial charge in [-0.3, -0.25) is 14.4 Å². The Hall–Kier alpha value is -3.81. The van der Waals surface area contributed by atoms with Crippen molar-refractivity contribution in [1.82, 2.24) is 0 Å². The van der Waals surface area contributed by atoms with Gasteiger partial charge in [0.15, 0.2) is 17.3 Å². The standard InChI is InChI=1S/C22H20O8/c1-12(23)28-11-16-17(29-13(2)24)8-6-15-21(25)20(30-22(15)16)10-14-5-7-18(26-3)19(9-14)27-4/h5-10H,11H2,1-4H3/b20-10-. The molecule has 0 unspecified atom stereocenters. The molecule has 0 atom stereocenters. The van der Waals surface area contributed by atoms with E-state index in [0.29, 0.717) is 22.6 Å². The van der Waals surface area contributed by atoms with Crippen LogP contribution in [0.25, 0.3) is 6.08 Å². The van der Waals surface area contributed by atoms with Crippen molar-refractivity contribution < 1.29 is 38.1 Å². The molecule has 0 aliphatic carbocycles. The molecule has 3 rings (SSSR count). The van der Waals surface area contributed by atoms with Crippen molar-refractivity contribution in [3.05, 3.63) is 52.8 Å². The molecular weight excluding hydrogens is 392 g/mol. The van der Waals surface area contributed by atoms with E-state index in [0.717, 1.165) is 0 Å². The Morgan fingerprint density at radius 2 is 1.67 bits per heavy atom. The molecule has 156 valence electrons. The molecule has 0 saturated carbocycles. The Labute approximate surface area is 172 Å². The van der Waals surface area contributed by atoms with Crippen molar-refractivity contribution in [2.45, 2.75) is 20.5 Å². The van der Waals surface area contributed by atoms with Gasteiger partial charge in [0.25, 0.3) is 0 Å². The van der Waals surface area contributed by atoms with Crippen LogP contribution in [0.1, 0.15) is 35.3 Å². The van der Waals surface area contributed by atoms with E-state index in [4.69, 9.17) is 23.7 Å². The van der Waals surface area contributed by atoms with Crippen LogP contribution in [-0.4, -0.2) is 31.9 Å². The van der Waals surface area contributed by atoms with Gasteiger partial charge in [0, 0.05) is 13.8 Å². The average molecular weight is 412 g/mol. The summed E-state index contributed by atoms with van der Waals surface area (Å²) in [6.45, 7) is 2.29. The fraction of sp³-hybridized carbons (Fsp3) is 0.227. The quantitative estimate of drug-likeness (QED) is 0.405. The molecule has 1 aliphatic heterocycles. The lowest BCUT2D eigenvalue weighted by molar-refractivity contribution is -0.142. The monoisotopic (exact) mass is 412 g/mol. The van der Waals surface area contributed by atoms with Crippen molar-refractivity contribution in [1.29, 1.82) is 0 Å². The predicted molar refractivity (Wildman–Crippen MR) is 106 cm³/mol. The number of Topliss-reactive ketones (excluding diaryl/α,β-unsaturated/α-hetero) is 1. The van der Waals surface area contributed by atoms with Gasteiger partial charge < -0.3 is 23.7 Å². The number of benzene rings is 2. The van der Waals surface area contributed by atoms with Gasteiger partial charge in [-0.25, -0.2) is 0 Å². The molecule has 30 heavy (non-hydrogen) atoms. The minimum Gasteiger partial charge on any atom is -0.493 e. The third-order valence-electron chi connectivity index (χ3n) is 4.28. The normalized spacial score (nSPS) is 13.5. The van der Waals surface area contributed by atoms with Crippen LogP contribution < -0.4 is 18.9 Å². The van der Waals surface area contributed by atoms with Crippen molar-refractivity contribution in [3.63, 3.8) is 0 Å². The van der Waals surface area contributed by atoms with Gasteiger partial charge >= 0.3 is 11.9 Å². The summed E-state index contributed by atoms with van der Waals surface area (Å²) in [5.74, 6) is 0.0453. The van der Waals surface area contributed by atoms with Crippen LogP contribution in [0.4, 0.5) is 0 Å². The molecule has 1 aliphatic rings. The number of methoxy groups -OCH3 is 2. The highest BCUT2D eigenvalue weighted by molar-refractivity contribution is 6.15. The first-order chi connectivity index (χ1) is 14.3. The van der Waals surface area contributed by atoms with Gasteiger partial charge in [0.1, 0.15) is 18.1 Å². The summed E-state index contributed by atoms with van der Waals surface area (Å²) in [4.78, 5) is 35.5. The fourth-order valence-electron chi connectivity index (χ4n) is 2.94. The van der Waals surface area contributed by atoms with E-state index in [-0.39, 0.29) is 35.2 Å². The van der Waals surface area contributed by atoms with Crippen LogP contribution >= 0.6 is 0 Å². The first kappa shape index (κ1) is 20.9. The zero-order valence-corrected chi connectivity index (χ0v) is 16.9. The van der Waals surface area contributed by atoms with E-state index in [2.05, 4.69) is 0 Å². The molecule has 0 aromatic heterocycles. The van der Waals surface area contributed by atoms with Crippen molar-refractivity contribution in [3.8, 4) is 23.0 Å². The van der Waals surface area contributed by atoms with Gasteiger partial charge in [-0.15, -0.1) is 0 Å². The maximum absolute atomic E-state index is 12.8. The highest BCUT2D eigenvalue weighted by Crippen LogP contribution is 2.41. The molecule has 0 N–H and O–H groups in total. The molecule has 8 nitrogen and oxygen atoms in total. The molecular formula is C22H20O8. The second-order valence-electron chi connectivity index (χ2n) is 6.35. The third kappa shape index (κ3) is 4.27. The number of carbonyl (C=O) groups excluding carboxylic acids is 3. The molecule has 1 heterocycles. The second kappa shape index (κ2) is 8.69. The van der Waals surface area contributed by atoms with Crippen LogP contribution in [0.2, 0.25) is 0 Å². The largest absolute Gasteiger partial charge is 0.493 e. The molecule has 8 heteroatoms. The van der Waals surface area contributed by atoms with Crippen LogP contribution in [0.5, 0.6) is 23.0 Å². The number of carbonyl (C=O) groups is 3. The second-order valence-corrected chi connectivity index (χ2v) is 6.35. The Morgan fingerprint density at radius 3 is 2.30 bits per heavy atom. The van der Waals surface area contributed by atoms with Crippen molar-refractivity contribution >= 4 is 23.8 Å². The summed E-state index contributed by atoms with van der Waals surface area (Å²) in [6, 6.07) is 8.14. The lowest BCUT2D eigenvalue weighted by Gasteiger charge is -2.12. The van der Waals surface area contributed by atoms with E-state index in [1.165, 1.54) is 40.2 Å². The van der Waals surface area contributed by atoms with Crippen LogP contribution in [0.3, 0.4) is 0 Å². The highest BCUT2D eigenvalue weighted by Gasteiger charge is 2.32. The Bertz CT molecular complexity index is 1050. The lowest BCUT2D eigenvalue weighted by atomic mass is 10.0. The Balaban J connectivity index is 2.00. The molecule has 2 aromatic rings. The smallest absolute Gasteiger partial charge is 0.308 e. The number of fused-ring (bicyclic) bond motifs is 1. The number of rotatable bonds is 6. The van der Waals surface area contributed by atoms with E-state index < -0.39 is 11.9 Å². The minimum absolute atomic E-state index is 0.0706. The van der Waals surface area contributed by atoms with Crippen LogP contribution in [0, 0.1) is 0 Å². The zero-order chi connectivity index (χ0) is 21.8. The first-order valence-electron chi connectivity index (χ1n) is 8.98. The predicted octanol–water partition coefficient (Wildman–Crippen LogP) is 3.31. The maximum Gasteiger partial charge on any atom is 0.308 e. The summed E-state index contributed by atoms with van der Waals surface area (Å²) in [6.07, 6.45) is 1.56. The topological polar surface area (TPSA) is 97.4 Å². The SMILES string of the molecule is COc1ccc(/C=C2\Oc3c(ccc(OC(C)=O)c3COC(C)=O)C2=O)cc1OC. The van der Waals surface area contributed by atoms with Gasteiger partial charge in [-0.2, -0.15) is 0 Å². The molecule has 2 aromatic carbocycles.